The Balaban J connectivity index is 1.67. The first-order valence-corrected chi connectivity index (χ1v) is 35.8. The number of rotatable bonds is 6. The van der Waals surface area contributed by atoms with Crippen molar-refractivity contribution in [2.24, 2.45) is 0 Å². The van der Waals surface area contributed by atoms with E-state index in [1.54, 1.807) is 45.5 Å². The molecule has 0 radical (unpaired) electrons. The van der Waals surface area contributed by atoms with E-state index in [0.717, 1.165) is 7.25 Å². The van der Waals surface area contributed by atoms with Gasteiger partial charge in [0.25, 0.3) is 0 Å². The fourth-order valence-corrected chi connectivity index (χ4v) is 161. The summed E-state index contributed by atoms with van der Waals surface area (Å²) >= 11 is -5.12. The molecule has 0 spiro atoms. The van der Waals surface area contributed by atoms with Crippen molar-refractivity contribution in [3.63, 3.8) is 0 Å². The molecule has 33 heavy (non-hydrogen) atoms. The first kappa shape index (κ1) is 24.6. The molecule has 1 aliphatic heterocycles. The Kier molecular flexibility index (Phi) is 6.77. The number of benzene rings is 2. The monoisotopic (exact) mass is 610 g/mol. The Bertz CT molecular complexity index is 1030. The second-order valence-corrected chi connectivity index (χ2v) is 73.4. The Morgan fingerprint density at radius 2 is 1.06 bits per heavy atom. The summed E-state index contributed by atoms with van der Waals surface area (Å²) in [7, 11) is 0. The molecule has 0 amide bonds. The van der Waals surface area contributed by atoms with E-state index in [9.17, 15) is 0 Å². The summed E-state index contributed by atoms with van der Waals surface area (Å²) in [6.45, 7) is 4.85. The van der Waals surface area contributed by atoms with Gasteiger partial charge in [0.2, 0.25) is 0 Å². The summed E-state index contributed by atoms with van der Waals surface area (Å²) in [5, 5.41) is 0. The van der Waals surface area contributed by atoms with Gasteiger partial charge >= 0.3 is 213 Å². The van der Waals surface area contributed by atoms with Crippen molar-refractivity contribution in [1.29, 1.82) is 0 Å². The number of allylic oxidation sites excluding steroid dienone is 2. The van der Waals surface area contributed by atoms with Gasteiger partial charge in [0.1, 0.15) is 0 Å². The molecular weight excluding hydrogens is 571 g/mol. The summed E-state index contributed by atoms with van der Waals surface area (Å²) in [6, 6.07) is 22.3. The molecule has 3 heteroatoms. The van der Waals surface area contributed by atoms with E-state index in [4.69, 9.17) is 0 Å². The van der Waals surface area contributed by atoms with Gasteiger partial charge < -0.3 is 0 Å². The number of hydrogen-bond donors (Lipinski definition) is 0. The van der Waals surface area contributed by atoms with E-state index in [0.29, 0.717) is 0 Å². The Morgan fingerprint density at radius 3 is 1.45 bits per heavy atom. The van der Waals surface area contributed by atoms with Crippen molar-refractivity contribution in [3.8, 4) is 0 Å². The second-order valence-electron chi connectivity index (χ2n) is 12.0. The van der Waals surface area contributed by atoms with Gasteiger partial charge in [0.05, 0.1) is 0 Å². The van der Waals surface area contributed by atoms with Gasteiger partial charge in [0, 0.05) is 0 Å². The molecule has 2 atom stereocenters. The van der Waals surface area contributed by atoms with E-state index >= 15 is 0 Å². The maximum absolute atomic E-state index is 2.96. The quantitative estimate of drug-likeness (QED) is 0.285. The molecule has 0 nitrogen and oxygen atoms in total. The predicted molar refractivity (Wildman–Crippen MR) is 143 cm³/mol. The van der Waals surface area contributed by atoms with Gasteiger partial charge in [-0.25, -0.2) is 0 Å². The molecule has 2 aliphatic carbocycles. The van der Waals surface area contributed by atoms with Gasteiger partial charge in [-0.2, -0.15) is 0 Å². The van der Waals surface area contributed by atoms with Crippen LogP contribution in [0, 0.1) is 0 Å². The summed E-state index contributed by atoms with van der Waals surface area (Å²) in [6.07, 6.45) is 10.8. The predicted octanol–water partition coefficient (Wildman–Crippen LogP) is 9.82. The van der Waals surface area contributed by atoms with Gasteiger partial charge in [-0.3, -0.25) is 0 Å². The van der Waals surface area contributed by atoms with E-state index < -0.39 is 41.2 Å². The van der Waals surface area contributed by atoms with Crippen molar-refractivity contribution in [3.05, 3.63) is 81.9 Å². The van der Waals surface area contributed by atoms with Crippen molar-refractivity contribution in [2.75, 3.05) is 0 Å². The average Bonchev–Trinajstić information content (AvgIpc) is 3.54. The van der Waals surface area contributed by atoms with Crippen LogP contribution in [0.4, 0.5) is 0 Å². The summed E-state index contributed by atoms with van der Waals surface area (Å²) in [5.74, 6) is 0. The van der Waals surface area contributed by atoms with Crippen LogP contribution in [0.5, 0.6) is 0 Å². The summed E-state index contributed by atoms with van der Waals surface area (Å²) < 4.78 is 12.2. The zero-order chi connectivity index (χ0) is 23.4. The van der Waals surface area contributed by atoms with Gasteiger partial charge in [-0.05, 0) is 0 Å². The van der Waals surface area contributed by atoms with Crippen LogP contribution in [-0.2, 0) is 38.9 Å². The van der Waals surface area contributed by atoms with E-state index in [-0.39, 0.29) is 0 Å². The Labute approximate surface area is 210 Å². The van der Waals surface area contributed by atoms with E-state index in [1.165, 1.54) is 25.7 Å². The molecule has 174 valence electrons. The molecule has 1 heterocycles. The first-order chi connectivity index (χ1) is 15.8. The standard InChI is InChI=1S/2C11H11.C4H8Si.4CH3.2Zr/c2*1-2-9-7-10-5-3-4-6-11(10)8-9;1-2-4-5-3-1;;;;;;/h2*3-8H,2H2,1H3;1-4H2;4*1H3;;. The Hall–Kier alpha value is -0.0969. The van der Waals surface area contributed by atoms with Crippen LogP contribution in [0.3, 0.4) is 0 Å². The normalized spacial score (nSPS) is 23.8. The molecule has 0 aromatic heterocycles. The molecule has 3 aliphatic rings. The van der Waals surface area contributed by atoms with Crippen LogP contribution in [-0.4, -0.2) is 2.33 Å². The molecule has 0 N–H and O–H groups in total. The molecule has 2 aromatic carbocycles. The summed E-state index contributed by atoms with van der Waals surface area (Å²) in [5.41, 5.74) is 10.2. The zero-order valence-electron chi connectivity index (χ0n) is 21.7. The number of hydrogen-bond acceptors (Lipinski definition) is 0. The van der Waals surface area contributed by atoms with Gasteiger partial charge in [-0.1, -0.05) is 0 Å². The van der Waals surface area contributed by atoms with Crippen LogP contribution in [0.1, 0.15) is 69.0 Å². The van der Waals surface area contributed by atoms with Crippen LogP contribution >= 0.6 is 0 Å². The van der Waals surface area contributed by atoms with Gasteiger partial charge in [-0.15, -0.1) is 0 Å². The molecule has 5 rings (SSSR count). The third kappa shape index (κ3) is 3.61. The summed E-state index contributed by atoms with van der Waals surface area (Å²) in [4.78, 5) is 0. The molecule has 1 fully saturated rings. The minimum absolute atomic E-state index is 0.840. The van der Waals surface area contributed by atoms with E-state index in [1.807, 2.05) is 0 Å². The van der Waals surface area contributed by atoms with Crippen molar-refractivity contribution in [2.45, 2.75) is 77.4 Å². The third-order valence-electron chi connectivity index (χ3n) is 10.2. The molecular formula is C30H42SiZr2. The third-order valence-corrected chi connectivity index (χ3v) is 131. The van der Waals surface area contributed by atoms with Crippen LogP contribution in [0.15, 0.2) is 59.7 Å². The molecule has 0 bridgehead atoms. The topological polar surface area (TPSA) is 0 Å². The number of fused-ring (bicyclic) bond motifs is 2. The van der Waals surface area contributed by atoms with Gasteiger partial charge in [0.15, 0.2) is 0 Å². The van der Waals surface area contributed by atoms with Crippen molar-refractivity contribution in [1.82, 2.24) is 0 Å². The first-order valence-electron chi connectivity index (χ1n) is 13.4. The van der Waals surface area contributed by atoms with Crippen molar-refractivity contribution < 1.29 is 38.9 Å². The average molecular weight is 613 g/mol. The van der Waals surface area contributed by atoms with Crippen LogP contribution < -0.4 is 0 Å². The molecule has 0 saturated carbocycles. The van der Waals surface area contributed by atoms with Crippen LogP contribution in [0.2, 0.25) is 30.6 Å². The molecule has 1 saturated heterocycles. The van der Waals surface area contributed by atoms with E-state index in [2.05, 4.69) is 93.1 Å². The zero-order valence-corrected chi connectivity index (χ0v) is 27.6. The molecule has 2 aromatic rings. The fourth-order valence-electron chi connectivity index (χ4n) is 8.74. The molecule has 2 unspecified atom stereocenters. The maximum atomic E-state index is 2.96. The van der Waals surface area contributed by atoms with Crippen molar-refractivity contribution >= 4 is 14.5 Å². The SMILES string of the molecule is CCC1=Cc2ccccc2[CH]1[Zr]([CH3])([CH3])[Si]1([Zr]([CH3])([CH3])[CH]2C(CC)=Cc3ccccc32)CCCC1. The second kappa shape index (κ2) is 9.09. The fraction of sp³-hybridized carbons (Fsp3) is 0.467. The minimum atomic E-state index is -2.56. The Morgan fingerprint density at radius 1 is 0.667 bits per heavy atom. The van der Waals surface area contributed by atoms with Crippen LogP contribution in [0.25, 0.3) is 12.2 Å².